The van der Waals surface area contributed by atoms with Gasteiger partial charge in [-0.05, 0) is 43.3 Å². The van der Waals surface area contributed by atoms with Crippen molar-refractivity contribution in [1.82, 2.24) is 9.88 Å². The van der Waals surface area contributed by atoms with Gasteiger partial charge in [0, 0.05) is 53.1 Å². The van der Waals surface area contributed by atoms with E-state index in [1.165, 1.54) is 0 Å². The second kappa shape index (κ2) is 8.55. The first kappa shape index (κ1) is 20.5. The third-order valence-corrected chi connectivity index (χ3v) is 5.19. The van der Waals surface area contributed by atoms with E-state index in [-0.39, 0.29) is 24.4 Å². The molecule has 0 unspecified atom stereocenters. The summed E-state index contributed by atoms with van der Waals surface area (Å²) in [5.41, 5.74) is 2.63. The minimum absolute atomic E-state index is 0.0172. The SMILES string of the molecule is CCn1c2ccccc2c2cc(NC(=O)CCNC(=O)c3ccc(F)cc3F)ccc21. The smallest absolute Gasteiger partial charge is 0.254 e. The summed E-state index contributed by atoms with van der Waals surface area (Å²) in [5, 5.41) is 7.48. The Morgan fingerprint density at radius 3 is 2.48 bits per heavy atom. The van der Waals surface area contributed by atoms with Crippen LogP contribution in [-0.2, 0) is 11.3 Å². The van der Waals surface area contributed by atoms with E-state index in [1.807, 2.05) is 30.3 Å². The lowest BCUT2D eigenvalue weighted by atomic mass is 10.1. The molecule has 0 bridgehead atoms. The number of nitrogens with zero attached hydrogens (tertiary/aromatic N) is 1. The van der Waals surface area contributed by atoms with E-state index in [1.54, 1.807) is 0 Å². The Labute approximate surface area is 177 Å². The van der Waals surface area contributed by atoms with E-state index in [0.717, 1.165) is 40.5 Å². The quantitative estimate of drug-likeness (QED) is 0.467. The number of para-hydroxylation sites is 1. The van der Waals surface area contributed by atoms with Gasteiger partial charge in [0.05, 0.1) is 5.56 Å². The van der Waals surface area contributed by atoms with Crippen LogP contribution in [0.5, 0.6) is 0 Å². The van der Waals surface area contributed by atoms with Crippen molar-refractivity contribution >= 4 is 39.3 Å². The molecule has 7 heteroatoms. The number of aryl methyl sites for hydroxylation is 1. The zero-order valence-electron chi connectivity index (χ0n) is 16.9. The maximum Gasteiger partial charge on any atom is 0.254 e. The fourth-order valence-electron chi connectivity index (χ4n) is 3.75. The number of nitrogens with one attached hydrogen (secondary N) is 2. The van der Waals surface area contributed by atoms with Crippen LogP contribution >= 0.6 is 0 Å². The van der Waals surface area contributed by atoms with Gasteiger partial charge in [0.2, 0.25) is 5.91 Å². The van der Waals surface area contributed by atoms with Gasteiger partial charge in [0.15, 0.2) is 0 Å². The Balaban J connectivity index is 1.41. The van der Waals surface area contributed by atoms with Crippen LogP contribution in [0.2, 0.25) is 0 Å². The highest BCUT2D eigenvalue weighted by molar-refractivity contribution is 6.09. The second-order valence-electron chi connectivity index (χ2n) is 7.17. The fourth-order valence-corrected chi connectivity index (χ4v) is 3.75. The molecule has 0 saturated heterocycles. The molecular formula is C24H21F2N3O2. The number of hydrogen-bond acceptors (Lipinski definition) is 2. The molecule has 3 aromatic carbocycles. The summed E-state index contributed by atoms with van der Waals surface area (Å²) >= 11 is 0. The van der Waals surface area contributed by atoms with E-state index in [9.17, 15) is 18.4 Å². The average Bonchev–Trinajstić information content (AvgIpc) is 3.06. The third kappa shape index (κ3) is 4.12. The Kier molecular flexibility index (Phi) is 5.66. The van der Waals surface area contributed by atoms with Crippen LogP contribution in [0, 0.1) is 11.6 Å². The highest BCUT2D eigenvalue weighted by Crippen LogP contribution is 2.31. The van der Waals surface area contributed by atoms with Crippen molar-refractivity contribution < 1.29 is 18.4 Å². The second-order valence-corrected chi connectivity index (χ2v) is 7.17. The topological polar surface area (TPSA) is 63.1 Å². The highest BCUT2D eigenvalue weighted by Gasteiger charge is 2.13. The normalized spacial score (nSPS) is 11.1. The molecule has 1 aromatic heterocycles. The van der Waals surface area contributed by atoms with E-state index in [0.29, 0.717) is 11.8 Å². The predicted octanol–water partition coefficient (Wildman–Crippen LogP) is 4.85. The maximum absolute atomic E-state index is 13.7. The molecule has 0 radical (unpaired) electrons. The molecule has 31 heavy (non-hydrogen) atoms. The van der Waals surface area contributed by atoms with E-state index >= 15 is 0 Å². The summed E-state index contributed by atoms with van der Waals surface area (Å²) < 4.78 is 28.8. The number of benzene rings is 3. The average molecular weight is 421 g/mol. The minimum atomic E-state index is -0.943. The Morgan fingerprint density at radius 2 is 1.71 bits per heavy atom. The van der Waals surface area contributed by atoms with Crippen LogP contribution in [-0.4, -0.2) is 22.9 Å². The number of hydrogen-bond donors (Lipinski definition) is 2. The molecule has 0 saturated carbocycles. The van der Waals surface area contributed by atoms with Gasteiger partial charge >= 0.3 is 0 Å². The van der Waals surface area contributed by atoms with Crippen molar-refractivity contribution in [2.45, 2.75) is 19.9 Å². The van der Waals surface area contributed by atoms with Gasteiger partial charge in [0.25, 0.3) is 5.91 Å². The van der Waals surface area contributed by atoms with Crippen LogP contribution in [0.3, 0.4) is 0 Å². The van der Waals surface area contributed by atoms with Crippen molar-refractivity contribution in [3.05, 3.63) is 77.9 Å². The third-order valence-electron chi connectivity index (χ3n) is 5.19. The predicted molar refractivity (Wildman–Crippen MR) is 117 cm³/mol. The standard InChI is InChI=1S/C24H21F2N3O2/c1-2-29-21-6-4-3-5-17(21)19-14-16(8-10-22(19)29)28-23(30)11-12-27-24(31)18-9-7-15(25)13-20(18)26/h3-10,13-14H,2,11-12H2,1H3,(H,27,31)(H,28,30). The fraction of sp³-hybridized carbons (Fsp3) is 0.167. The number of anilines is 1. The van der Waals surface area contributed by atoms with Gasteiger partial charge in [0.1, 0.15) is 11.6 Å². The van der Waals surface area contributed by atoms with Gasteiger partial charge in [-0.15, -0.1) is 0 Å². The van der Waals surface area contributed by atoms with Crippen molar-refractivity contribution in [1.29, 1.82) is 0 Å². The molecule has 5 nitrogen and oxygen atoms in total. The monoisotopic (exact) mass is 421 g/mol. The van der Waals surface area contributed by atoms with Crippen LogP contribution in [0.1, 0.15) is 23.7 Å². The first-order valence-corrected chi connectivity index (χ1v) is 10.0. The van der Waals surface area contributed by atoms with Crippen LogP contribution < -0.4 is 10.6 Å². The number of carbonyl (C=O) groups is 2. The Morgan fingerprint density at radius 1 is 0.935 bits per heavy atom. The first-order chi connectivity index (χ1) is 15.0. The zero-order valence-corrected chi connectivity index (χ0v) is 16.9. The lowest BCUT2D eigenvalue weighted by Gasteiger charge is -2.08. The number of aromatic nitrogens is 1. The summed E-state index contributed by atoms with van der Waals surface area (Å²) in [6.45, 7) is 2.95. The molecule has 0 aliphatic heterocycles. The molecule has 0 fully saturated rings. The van der Waals surface area contributed by atoms with Crippen molar-refractivity contribution in [3.8, 4) is 0 Å². The van der Waals surface area contributed by atoms with E-state index in [4.69, 9.17) is 0 Å². The molecule has 4 aromatic rings. The van der Waals surface area contributed by atoms with Crippen molar-refractivity contribution in [2.75, 3.05) is 11.9 Å². The molecule has 2 amide bonds. The van der Waals surface area contributed by atoms with Crippen molar-refractivity contribution in [3.63, 3.8) is 0 Å². The molecule has 2 N–H and O–H groups in total. The molecule has 0 atom stereocenters. The van der Waals surface area contributed by atoms with E-state index in [2.05, 4.69) is 34.3 Å². The lowest BCUT2D eigenvalue weighted by Crippen LogP contribution is -2.28. The maximum atomic E-state index is 13.7. The van der Waals surface area contributed by atoms with Crippen LogP contribution in [0.25, 0.3) is 21.8 Å². The molecule has 1 heterocycles. The number of amides is 2. The molecular weight excluding hydrogens is 400 g/mol. The van der Waals surface area contributed by atoms with Crippen LogP contribution in [0.15, 0.2) is 60.7 Å². The van der Waals surface area contributed by atoms with Gasteiger partial charge < -0.3 is 15.2 Å². The number of rotatable bonds is 6. The first-order valence-electron chi connectivity index (χ1n) is 10.0. The van der Waals surface area contributed by atoms with E-state index < -0.39 is 17.5 Å². The zero-order chi connectivity index (χ0) is 22.0. The Bertz CT molecular complexity index is 1300. The van der Waals surface area contributed by atoms with Gasteiger partial charge in [-0.1, -0.05) is 18.2 Å². The van der Waals surface area contributed by atoms with Gasteiger partial charge in [-0.2, -0.15) is 0 Å². The number of carbonyl (C=O) groups excluding carboxylic acids is 2. The molecule has 0 aliphatic rings. The molecule has 4 rings (SSSR count). The molecule has 158 valence electrons. The summed E-state index contributed by atoms with van der Waals surface area (Å²) in [5.74, 6) is -2.67. The summed E-state index contributed by atoms with van der Waals surface area (Å²) in [7, 11) is 0. The number of fused-ring (bicyclic) bond motifs is 3. The Hall–Kier alpha value is -3.74. The summed E-state index contributed by atoms with van der Waals surface area (Å²) in [4.78, 5) is 24.3. The van der Waals surface area contributed by atoms with Gasteiger partial charge in [-0.3, -0.25) is 9.59 Å². The minimum Gasteiger partial charge on any atom is -0.351 e. The molecule has 0 aliphatic carbocycles. The summed E-state index contributed by atoms with van der Waals surface area (Å²) in [6.07, 6.45) is 0.0172. The van der Waals surface area contributed by atoms with Gasteiger partial charge in [-0.25, -0.2) is 8.78 Å². The summed E-state index contributed by atoms with van der Waals surface area (Å²) in [6, 6.07) is 16.6. The largest absolute Gasteiger partial charge is 0.351 e. The number of halogens is 2. The van der Waals surface area contributed by atoms with Crippen molar-refractivity contribution in [2.24, 2.45) is 0 Å². The van der Waals surface area contributed by atoms with Crippen LogP contribution in [0.4, 0.5) is 14.5 Å². The molecule has 0 spiro atoms. The lowest BCUT2D eigenvalue weighted by molar-refractivity contribution is -0.116. The highest BCUT2D eigenvalue weighted by atomic mass is 19.1.